The third kappa shape index (κ3) is 23.5. The van der Waals surface area contributed by atoms with Crippen LogP contribution >= 0.6 is 31.1 Å². The number of nitrogens with zero attached hydrogens (tertiary/aromatic N) is 4. The average molecular weight is 2070 g/mol. The van der Waals surface area contributed by atoms with Gasteiger partial charge in [-0.1, -0.05) is 106 Å². The average Bonchev–Trinajstić information content (AvgIpc) is 1.63. The molecule has 0 unspecified atom stereocenters. The molecule has 0 aromatic heterocycles. The van der Waals surface area contributed by atoms with E-state index >= 15 is 33.6 Å². The predicted molar refractivity (Wildman–Crippen MR) is 525 cm³/mol. The summed E-state index contributed by atoms with van der Waals surface area (Å²) in [7, 11) is 2.83. The topological polar surface area (TPSA) is 560 Å². The number of nitrogens with one attached hydrogen (secondary N) is 9. The molecule has 5 fully saturated rings. The van der Waals surface area contributed by atoms with E-state index in [0.29, 0.717) is 76.6 Å². The van der Waals surface area contributed by atoms with E-state index in [1.165, 1.54) is 73.8 Å². The minimum Gasteiger partial charge on any atom is -0.508 e. The van der Waals surface area contributed by atoms with Gasteiger partial charge in [-0.3, -0.25) is 42.9 Å². The van der Waals surface area contributed by atoms with Crippen LogP contribution in [0.25, 0.3) is 11.1 Å². The molecule has 18 atom stereocenters. The number of halogens is 2. The van der Waals surface area contributed by atoms with Crippen LogP contribution in [0, 0.1) is 5.92 Å². The van der Waals surface area contributed by atoms with E-state index in [2.05, 4.69) is 75.7 Å². The van der Waals surface area contributed by atoms with Crippen LogP contribution in [0.4, 0.5) is 0 Å². The molecular formula is C101H125Cl2N13O28P+. The van der Waals surface area contributed by atoms with Gasteiger partial charge in [-0.05, 0) is 191 Å². The predicted octanol–water partition coefficient (Wildman–Crippen LogP) is 6.89. The van der Waals surface area contributed by atoms with Gasteiger partial charge in [-0.25, -0.2) is 4.79 Å². The highest BCUT2D eigenvalue weighted by Crippen LogP contribution is 2.71. The van der Waals surface area contributed by atoms with E-state index in [9.17, 15) is 60.7 Å². The Morgan fingerprint density at radius 2 is 1.17 bits per heavy atom. The standard InChI is InChI=1S/C101H124Cl2N13O28P/c1-51(2)20-11-9-7-8-10-12-21-74(121)107-83-86(124)88(126)91(99(135)136-6)143-100(83)142-90-71-44-56-45-72(90)139-67-31-26-55(42-63(67)102)84(122)82-98(134)111-80(93(129)105-32-19-33-113(4)5)61-46-57(118)47-69(140-101-89(127)87(125)85(123)73(50-117)141-101)75(61)60-41-53(24-29-65(60)119)78(95(131)112-82)108-96(132)79(56)109-97(133)81-62-48-59(49-70(76(62)103)144-145(114-34-13-14-35-114,115-36-15-16-37-115)116-38-17-18-39-116)138-68-43-54(25-30-66(68)120)77(104-3)94(130)106-64(92(128)110-81)40-52-22-27-58(137-71)28-23-52/h22-31,41-49,51,64,73,77-89,91,100-101,104,117,122-127H,7-21,32-40,50H2,1-6H3,(H10-,105,106,107,108,109,110,111,112,118,119,120,121,128,129,130,131,132,133,134)/p+1/t64-,73-,77-,78-,79-,80-,81+,82+,83-,84-,85-,86-,87+,88+,89+,91+,100-,101+/m1/s1. The second-order valence-electron chi connectivity index (χ2n) is 38.5. The third-order valence-corrected chi connectivity index (χ3v) is 32.0. The number of esters is 1. The van der Waals surface area contributed by atoms with Gasteiger partial charge >= 0.3 is 13.9 Å². The number of phenols is 3. The Morgan fingerprint density at radius 1 is 0.552 bits per heavy atom. The number of carbonyl (C=O) groups is 9. The summed E-state index contributed by atoms with van der Waals surface area (Å²) < 4.78 is 66.2. The Hall–Kier alpha value is -11.6. The van der Waals surface area contributed by atoms with Crippen molar-refractivity contribution in [1.82, 2.24) is 66.8 Å². The monoisotopic (exact) mass is 2070 g/mol. The normalized spacial score (nSPS) is 26.4. The van der Waals surface area contributed by atoms with Gasteiger partial charge in [0.15, 0.2) is 29.1 Å². The molecular weight excluding hydrogens is 1950 g/mol. The number of benzene rings is 7. The van der Waals surface area contributed by atoms with Crippen molar-refractivity contribution < 1.29 is 137 Å². The van der Waals surface area contributed by atoms with Gasteiger partial charge < -0.3 is 142 Å². The van der Waals surface area contributed by atoms with Gasteiger partial charge in [0.2, 0.25) is 71.3 Å². The number of rotatable bonds is 27. The van der Waals surface area contributed by atoms with Crippen LogP contribution in [0.1, 0.15) is 185 Å². The number of aliphatic hydroxyl groups is 7. The number of methoxy groups -OCH3 is 1. The van der Waals surface area contributed by atoms with E-state index in [-0.39, 0.29) is 75.4 Å². The lowest BCUT2D eigenvalue weighted by Gasteiger charge is -2.41. The molecule has 11 aliphatic heterocycles. The molecule has 17 bridgehead atoms. The largest absolute Gasteiger partial charge is 0.508 e. The zero-order valence-corrected chi connectivity index (χ0v) is 83.3. The number of unbranched alkanes of at least 4 members (excludes halogenated alkanes) is 5. The maximum Gasteiger partial charge on any atom is 0.417 e. The van der Waals surface area contributed by atoms with Crippen molar-refractivity contribution in [3.8, 4) is 80.1 Å². The highest BCUT2D eigenvalue weighted by Gasteiger charge is 2.63. The summed E-state index contributed by atoms with van der Waals surface area (Å²) in [6.07, 6.45) is -10.2. The number of ether oxygens (including phenoxy) is 8. The molecule has 7 aromatic rings. The molecule has 41 nitrogen and oxygen atoms in total. The summed E-state index contributed by atoms with van der Waals surface area (Å²) in [5, 5.41) is 143. The Bertz CT molecular complexity index is 5880. The molecule has 0 spiro atoms. The molecule has 0 saturated carbocycles. The maximum absolute atomic E-state index is 17.4. The number of likely N-dealkylation sites (N-methyl/N-ethyl adjacent to an activating group) is 1. The van der Waals surface area contributed by atoms with Crippen molar-refractivity contribution in [3.63, 3.8) is 0 Å². The quantitative estimate of drug-likeness (QED) is 0.0141. The minimum atomic E-state index is -3.21. The van der Waals surface area contributed by atoms with E-state index < -0.39 is 245 Å². The number of hydrogen-bond donors (Lipinski definition) is 19. The Balaban J connectivity index is 0.933. The van der Waals surface area contributed by atoms with Gasteiger partial charge in [-0.15, -0.1) is 14.0 Å². The molecule has 145 heavy (non-hydrogen) atoms. The molecule has 780 valence electrons. The summed E-state index contributed by atoms with van der Waals surface area (Å²) in [5.74, 6) is -15.0. The number of phenolic OH excluding ortho intramolecular Hbond substituents is 3. The SMILES string of the molecule is CN[C@H]1C(=O)N[C@@H]2Cc3ccc(cc3)Oc3cc4cc(c3O[C@@H]3O[C@H](C(=O)OC)[C@@H](O)[C@H](O)[C@H]3NC(=O)CCCCCCCCC(C)C)Oc3ccc(cc3Cl)[C@@H](O)[C@@H]3NC(=O)[C@H](NC(=O)[C@@H]4NC(=O)[C@@H](NC2=O)c2cc(cc(O[P+](N4CCCC4)(N4CCCC4)N4CCCC4)c2Cl)Oc2cc1ccc2O)c1ccc(O)c(c1)-c1c(O[C@H]2O[C@H](CO)[C@@H](O)[C@H](O)[C@@H]2O)cc(O)cc1[C@H](C(=O)NCCCN(C)C)NC3=O. The van der Waals surface area contributed by atoms with Crippen LogP contribution in [0.2, 0.25) is 10.0 Å². The smallest absolute Gasteiger partial charge is 0.417 e. The van der Waals surface area contributed by atoms with Crippen molar-refractivity contribution in [1.29, 1.82) is 0 Å². The number of hydrogen-bond acceptors (Lipinski definition) is 33. The summed E-state index contributed by atoms with van der Waals surface area (Å²) >= 11 is 15.5. The molecule has 18 rings (SSSR count). The number of aliphatic hydroxyl groups excluding tert-OH is 7. The van der Waals surface area contributed by atoms with Gasteiger partial charge in [0, 0.05) is 87.5 Å². The van der Waals surface area contributed by atoms with Crippen LogP contribution in [0.15, 0.2) is 115 Å². The van der Waals surface area contributed by atoms with E-state index in [0.717, 1.165) is 126 Å². The highest BCUT2D eigenvalue weighted by molar-refractivity contribution is 7.64. The summed E-state index contributed by atoms with van der Waals surface area (Å²) in [5.41, 5.74) is -2.16. The molecule has 8 amide bonds. The molecule has 19 N–H and O–H groups in total. The fraction of sp³-hybridized carbons (Fsp3) is 0.495. The van der Waals surface area contributed by atoms with Crippen LogP contribution < -0.4 is 76.1 Å². The first-order valence-electron chi connectivity index (χ1n) is 49.0. The third-order valence-electron chi connectivity index (χ3n) is 27.5. The van der Waals surface area contributed by atoms with Gasteiger partial charge in [-0.2, -0.15) is 0 Å². The summed E-state index contributed by atoms with van der Waals surface area (Å²) in [6, 6.07) is 7.80. The van der Waals surface area contributed by atoms with Crippen molar-refractivity contribution in [2.75, 3.05) is 87.2 Å². The first kappa shape index (κ1) is 106. The fourth-order valence-corrected chi connectivity index (χ4v) is 24.6. The fourth-order valence-electron chi connectivity index (χ4n) is 19.8. The van der Waals surface area contributed by atoms with Crippen molar-refractivity contribution >= 4 is 84.4 Å². The van der Waals surface area contributed by atoms with Crippen LogP contribution in [-0.2, 0) is 63.8 Å². The number of aromatic hydroxyl groups is 3. The van der Waals surface area contributed by atoms with Crippen LogP contribution in [-0.4, -0.2) is 284 Å². The zero-order valence-electron chi connectivity index (χ0n) is 80.9. The molecule has 11 heterocycles. The van der Waals surface area contributed by atoms with Gasteiger partial charge in [0.1, 0.15) is 126 Å². The molecule has 11 aliphatic rings. The van der Waals surface area contributed by atoms with Crippen molar-refractivity contribution in [2.45, 2.75) is 226 Å². The number of amides is 8. The molecule has 0 radical (unpaired) electrons. The Labute approximate surface area is 847 Å². The molecule has 44 heteroatoms. The number of fused-ring (bicyclic) bond motifs is 14. The lowest BCUT2D eigenvalue weighted by atomic mass is 9.89. The Morgan fingerprint density at radius 3 is 1.82 bits per heavy atom. The van der Waals surface area contributed by atoms with Gasteiger partial charge in [0.25, 0.3) is 0 Å². The van der Waals surface area contributed by atoms with Crippen LogP contribution in [0.5, 0.6) is 69.0 Å². The molecule has 5 saturated heterocycles. The Kier molecular flexibility index (Phi) is 34.2. The zero-order chi connectivity index (χ0) is 103. The first-order chi connectivity index (χ1) is 69.6. The lowest BCUT2D eigenvalue weighted by molar-refractivity contribution is -0.277. The molecule has 0 aliphatic carbocycles. The summed E-state index contributed by atoms with van der Waals surface area (Å²) in [6.45, 7) is 7.38. The second-order valence-corrected chi connectivity index (χ2v) is 42.1. The van der Waals surface area contributed by atoms with E-state index in [1.54, 1.807) is 14.1 Å². The summed E-state index contributed by atoms with van der Waals surface area (Å²) in [4.78, 5) is 145. The van der Waals surface area contributed by atoms with Crippen molar-refractivity contribution in [3.05, 3.63) is 164 Å². The highest BCUT2D eigenvalue weighted by atomic mass is 35.5. The second kappa shape index (κ2) is 46.6. The lowest BCUT2D eigenvalue weighted by Crippen LogP contribution is -2.66. The van der Waals surface area contributed by atoms with Crippen molar-refractivity contribution in [2.24, 2.45) is 5.92 Å². The number of carbonyl (C=O) groups excluding carboxylic acids is 9. The minimum absolute atomic E-state index is 0.0706. The van der Waals surface area contributed by atoms with E-state index in [1.807, 2.05) is 4.90 Å². The van der Waals surface area contributed by atoms with E-state index in [4.69, 9.17) is 65.6 Å². The maximum atomic E-state index is 17.4. The van der Waals surface area contributed by atoms with Gasteiger partial charge in [0.05, 0.1) is 23.8 Å². The van der Waals surface area contributed by atoms with Crippen LogP contribution in [0.3, 0.4) is 0 Å². The molecule has 7 aromatic carbocycles. The first-order valence-corrected chi connectivity index (χ1v) is 51.4.